The molecule has 3 aromatic rings. The predicted octanol–water partition coefficient (Wildman–Crippen LogP) is 6.55. The molecule has 0 aliphatic rings. The van der Waals surface area contributed by atoms with Crippen LogP contribution in [0.3, 0.4) is 0 Å². The number of carbonyl (C=O) groups excluding carboxylic acids is 2. The minimum Gasteiger partial charge on any atom is -0.347 e. The van der Waals surface area contributed by atoms with Gasteiger partial charge in [-0.2, -0.15) is 26.3 Å². The van der Waals surface area contributed by atoms with Gasteiger partial charge in [-0.25, -0.2) is 0 Å². The highest BCUT2D eigenvalue weighted by Gasteiger charge is 2.38. The Kier molecular flexibility index (Phi) is 6.88. The standard InChI is InChI=1S/C23H19F6NO2S/c1-12(30-13(2)31)20(32)10-18(19-11-33-21-6-4-3-5-17(19)21)14-7-15(22(24,25)26)9-16(8-14)23(27,28)29/h3-9,11-12,18H,10H2,1-2H3,(H,30,31). The topological polar surface area (TPSA) is 46.2 Å². The molecule has 1 amide bonds. The summed E-state index contributed by atoms with van der Waals surface area (Å²) in [4.78, 5) is 24.1. The van der Waals surface area contributed by atoms with Crippen molar-refractivity contribution >= 4 is 33.1 Å². The van der Waals surface area contributed by atoms with Gasteiger partial charge in [0.05, 0.1) is 17.2 Å². The number of nitrogens with one attached hydrogen (secondary N) is 1. The van der Waals surface area contributed by atoms with Crippen LogP contribution in [-0.2, 0) is 21.9 Å². The van der Waals surface area contributed by atoms with E-state index in [1.165, 1.54) is 25.2 Å². The van der Waals surface area contributed by atoms with Gasteiger partial charge in [0.2, 0.25) is 5.91 Å². The Labute approximate surface area is 189 Å². The quantitative estimate of drug-likeness (QED) is 0.401. The highest BCUT2D eigenvalue weighted by Crippen LogP contribution is 2.42. The third-order valence-electron chi connectivity index (χ3n) is 5.21. The SMILES string of the molecule is CC(=O)NC(C)C(=O)CC(c1cc(C(F)(F)F)cc(C(F)(F)F)c1)c1csc2ccccc12. The van der Waals surface area contributed by atoms with Crippen molar-refractivity contribution in [3.05, 3.63) is 70.1 Å². The Morgan fingerprint density at radius 2 is 1.55 bits per heavy atom. The highest BCUT2D eigenvalue weighted by molar-refractivity contribution is 7.17. The molecule has 10 heteroatoms. The third kappa shape index (κ3) is 5.73. The summed E-state index contributed by atoms with van der Waals surface area (Å²) in [5.41, 5.74) is -2.71. The van der Waals surface area contributed by atoms with Crippen LogP contribution in [-0.4, -0.2) is 17.7 Å². The number of hydrogen-bond donors (Lipinski definition) is 1. The molecular weight excluding hydrogens is 468 g/mol. The monoisotopic (exact) mass is 487 g/mol. The Hall–Kier alpha value is -2.88. The summed E-state index contributed by atoms with van der Waals surface area (Å²) in [6, 6.07) is 7.35. The number of benzene rings is 2. The molecule has 0 radical (unpaired) electrons. The van der Waals surface area contributed by atoms with E-state index < -0.39 is 47.1 Å². The first-order chi connectivity index (χ1) is 15.3. The Morgan fingerprint density at radius 3 is 2.09 bits per heavy atom. The molecule has 2 unspecified atom stereocenters. The van der Waals surface area contributed by atoms with Crippen molar-refractivity contribution in [3.8, 4) is 0 Å². The second kappa shape index (κ2) is 9.17. The number of carbonyl (C=O) groups is 2. The Balaban J connectivity index is 2.19. The maximum absolute atomic E-state index is 13.4. The summed E-state index contributed by atoms with van der Waals surface area (Å²) in [7, 11) is 0. The highest BCUT2D eigenvalue weighted by atomic mass is 32.1. The molecule has 0 saturated heterocycles. The second-order valence-corrected chi connectivity index (χ2v) is 8.58. The van der Waals surface area contributed by atoms with E-state index in [1.54, 1.807) is 29.6 Å². The van der Waals surface area contributed by atoms with Crippen LogP contribution in [0.2, 0.25) is 0 Å². The van der Waals surface area contributed by atoms with E-state index >= 15 is 0 Å². The lowest BCUT2D eigenvalue weighted by Crippen LogP contribution is -2.37. The first kappa shape index (κ1) is 24.8. The van der Waals surface area contributed by atoms with E-state index in [4.69, 9.17) is 0 Å². The van der Waals surface area contributed by atoms with Crippen LogP contribution in [0.25, 0.3) is 10.1 Å². The zero-order valence-electron chi connectivity index (χ0n) is 17.5. The number of alkyl halides is 6. The number of amides is 1. The summed E-state index contributed by atoms with van der Waals surface area (Å²) in [6.45, 7) is 2.62. The second-order valence-electron chi connectivity index (χ2n) is 7.67. The molecule has 0 aliphatic carbocycles. The smallest absolute Gasteiger partial charge is 0.347 e. The predicted molar refractivity (Wildman–Crippen MR) is 113 cm³/mol. The van der Waals surface area contributed by atoms with Gasteiger partial charge in [0.15, 0.2) is 5.78 Å². The van der Waals surface area contributed by atoms with Gasteiger partial charge in [-0.15, -0.1) is 11.3 Å². The van der Waals surface area contributed by atoms with Gasteiger partial charge < -0.3 is 5.32 Å². The Bertz CT molecular complexity index is 1150. The van der Waals surface area contributed by atoms with Gasteiger partial charge in [-0.3, -0.25) is 9.59 Å². The zero-order chi connectivity index (χ0) is 24.6. The molecule has 33 heavy (non-hydrogen) atoms. The first-order valence-electron chi connectivity index (χ1n) is 9.82. The van der Waals surface area contributed by atoms with E-state index in [1.807, 2.05) is 0 Å². The van der Waals surface area contributed by atoms with Crippen LogP contribution in [0.1, 0.15) is 48.4 Å². The summed E-state index contributed by atoms with van der Waals surface area (Å²) >= 11 is 1.28. The molecule has 3 nitrogen and oxygen atoms in total. The molecule has 0 saturated carbocycles. The van der Waals surface area contributed by atoms with Crippen molar-refractivity contribution in [2.75, 3.05) is 0 Å². The average Bonchev–Trinajstić information content (AvgIpc) is 3.13. The van der Waals surface area contributed by atoms with Crippen molar-refractivity contribution < 1.29 is 35.9 Å². The van der Waals surface area contributed by atoms with E-state index in [0.29, 0.717) is 23.1 Å². The number of thiophene rings is 1. The molecule has 1 heterocycles. The fourth-order valence-corrected chi connectivity index (χ4v) is 4.63. The van der Waals surface area contributed by atoms with Crippen LogP contribution >= 0.6 is 11.3 Å². The Morgan fingerprint density at radius 1 is 0.970 bits per heavy atom. The number of hydrogen-bond acceptors (Lipinski definition) is 3. The van der Waals surface area contributed by atoms with Crippen molar-refractivity contribution in [1.29, 1.82) is 0 Å². The van der Waals surface area contributed by atoms with Gasteiger partial charge in [-0.1, -0.05) is 18.2 Å². The number of Topliss-reactive ketones (excluding diaryl/α,β-unsaturated/α-hetero) is 1. The van der Waals surface area contributed by atoms with Gasteiger partial charge in [0, 0.05) is 24.0 Å². The largest absolute Gasteiger partial charge is 0.416 e. The van der Waals surface area contributed by atoms with Crippen LogP contribution in [0, 0.1) is 0 Å². The lowest BCUT2D eigenvalue weighted by atomic mass is 9.84. The fourth-order valence-electron chi connectivity index (χ4n) is 3.62. The molecule has 0 aliphatic heterocycles. The number of halogens is 6. The maximum atomic E-state index is 13.4. The first-order valence-corrected chi connectivity index (χ1v) is 10.7. The molecule has 0 fully saturated rings. The molecule has 3 rings (SSSR count). The minimum absolute atomic E-state index is 0.0635. The molecule has 0 bridgehead atoms. The van der Waals surface area contributed by atoms with Gasteiger partial charge in [0.25, 0.3) is 0 Å². The third-order valence-corrected chi connectivity index (χ3v) is 6.19. The zero-order valence-corrected chi connectivity index (χ0v) is 18.3. The maximum Gasteiger partial charge on any atom is 0.416 e. The van der Waals surface area contributed by atoms with Gasteiger partial charge >= 0.3 is 12.4 Å². The van der Waals surface area contributed by atoms with Crippen LogP contribution in [0.4, 0.5) is 26.3 Å². The van der Waals surface area contributed by atoms with Crippen LogP contribution < -0.4 is 5.32 Å². The lowest BCUT2D eigenvalue weighted by Gasteiger charge is -2.22. The molecule has 2 aromatic carbocycles. The van der Waals surface area contributed by atoms with E-state index in [9.17, 15) is 35.9 Å². The molecular formula is C23H19F6NO2S. The lowest BCUT2D eigenvalue weighted by molar-refractivity contribution is -0.143. The molecule has 1 N–H and O–H groups in total. The molecule has 1 aromatic heterocycles. The van der Waals surface area contributed by atoms with Crippen LogP contribution in [0.15, 0.2) is 47.8 Å². The van der Waals surface area contributed by atoms with Crippen molar-refractivity contribution in [2.45, 2.75) is 44.6 Å². The minimum atomic E-state index is -5.01. The van der Waals surface area contributed by atoms with E-state index in [2.05, 4.69) is 5.32 Å². The van der Waals surface area contributed by atoms with Crippen LogP contribution in [0.5, 0.6) is 0 Å². The normalized spacial score (nSPS) is 14.2. The van der Waals surface area contributed by atoms with E-state index in [0.717, 1.165) is 4.70 Å². The molecule has 2 atom stereocenters. The molecule has 176 valence electrons. The van der Waals surface area contributed by atoms with Gasteiger partial charge in [0.1, 0.15) is 0 Å². The van der Waals surface area contributed by atoms with Crippen molar-refractivity contribution in [2.24, 2.45) is 0 Å². The van der Waals surface area contributed by atoms with Crippen molar-refractivity contribution in [3.63, 3.8) is 0 Å². The summed E-state index contributed by atoms with van der Waals surface area (Å²) < 4.78 is 81.5. The number of rotatable bonds is 6. The average molecular weight is 487 g/mol. The molecule has 0 spiro atoms. The van der Waals surface area contributed by atoms with E-state index in [-0.39, 0.29) is 18.1 Å². The summed E-state index contributed by atoms with van der Waals surface area (Å²) in [5.74, 6) is -2.07. The summed E-state index contributed by atoms with van der Waals surface area (Å²) in [5, 5.41) is 4.68. The fraction of sp³-hybridized carbons (Fsp3) is 0.304. The van der Waals surface area contributed by atoms with Gasteiger partial charge in [-0.05, 0) is 53.1 Å². The van der Waals surface area contributed by atoms with Crippen molar-refractivity contribution in [1.82, 2.24) is 5.32 Å². The summed E-state index contributed by atoms with van der Waals surface area (Å²) in [6.07, 6.45) is -10.4. The number of ketones is 1. The number of fused-ring (bicyclic) bond motifs is 1.